The number of rotatable bonds is 4. The number of carbonyl (C=O) groups is 1. The lowest BCUT2D eigenvalue weighted by Crippen LogP contribution is -2.40. The van der Waals surface area contributed by atoms with Gasteiger partial charge >= 0.3 is 0 Å². The van der Waals surface area contributed by atoms with Gasteiger partial charge in [-0.2, -0.15) is 0 Å². The van der Waals surface area contributed by atoms with E-state index in [9.17, 15) is 9.18 Å². The fourth-order valence-electron chi connectivity index (χ4n) is 2.14. The summed E-state index contributed by atoms with van der Waals surface area (Å²) in [5.41, 5.74) is 5.79. The SMILES string of the molecule is NCC1(CC(=O)Nc2ccncc2F)CCC1. The van der Waals surface area contributed by atoms with E-state index in [2.05, 4.69) is 10.3 Å². The molecule has 4 nitrogen and oxygen atoms in total. The molecule has 0 bridgehead atoms. The molecule has 0 unspecified atom stereocenters. The molecule has 5 heteroatoms. The number of carbonyl (C=O) groups excluding carboxylic acids is 1. The number of amides is 1. The molecule has 0 atom stereocenters. The van der Waals surface area contributed by atoms with Crippen LogP contribution in [0.1, 0.15) is 25.7 Å². The molecule has 1 heterocycles. The Morgan fingerprint density at radius 1 is 1.59 bits per heavy atom. The molecule has 1 aliphatic rings. The lowest BCUT2D eigenvalue weighted by molar-refractivity contribution is -0.119. The summed E-state index contributed by atoms with van der Waals surface area (Å²) in [4.78, 5) is 15.4. The van der Waals surface area contributed by atoms with E-state index in [0.717, 1.165) is 25.5 Å². The van der Waals surface area contributed by atoms with E-state index in [-0.39, 0.29) is 17.0 Å². The zero-order chi connectivity index (χ0) is 12.3. The summed E-state index contributed by atoms with van der Waals surface area (Å²) >= 11 is 0. The lowest BCUT2D eigenvalue weighted by Gasteiger charge is -2.40. The lowest BCUT2D eigenvalue weighted by atomic mass is 9.66. The number of nitrogens with two attached hydrogens (primary N) is 1. The minimum atomic E-state index is -0.517. The van der Waals surface area contributed by atoms with E-state index in [1.807, 2.05) is 0 Å². The summed E-state index contributed by atoms with van der Waals surface area (Å²) in [7, 11) is 0. The zero-order valence-corrected chi connectivity index (χ0v) is 9.58. The van der Waals surface area contributed by atoms with Gasteiger partial charge < -0.3 is 11.1 Å². The van der Waals surface area contributed by atoms with E-state index in [0.29, 0.717) is 13.0 Å². The Morgan fingerprint density at radius 3 is 2.88 bits per heavy atom. The molecule has 0 aliphatic heterocycles. The van der Waals surface area contributed by atoms with Gasteiger partial charge in [0.1, 0.15) is 0 Å². The van der Waals surface area contributed by atoms with Crippen molar-refractivity contribution in [2.75, 3.05) is 11.9 Å². The van der Waals surface area contributed by atoms with Gasteiger partial charge in [0.25, 0.3) is 0 Å². The molecule has 92 valence electrons. The quantitative estimate of drug-likeness (QED) is 0.837. The molecule has 1 fully saturated rings. The second kappa shape index (κ2) is 4.79. The number of hydrogen-bond donors (Lipinski definition) is 2. The van der Waals surface area contributed by atoms with Crippen LogP contribution in [0, 0.1) is 11.2 Å². The van der Waals surface area contributed by atoms with Crippen LogP contribution in [0.4, 0.5) is 10.1 Å². The van der Waals surface area contributed by atoms with Crippen LogP contribution in [0.15, 0.2) is 18.5 Å². The first-order valence-corrected chi connectivity index (χ1v) is 5.75. The van der Waals surface area contributed by atoms with Gasteiger partial charge in [0.15, 0.2) is 5.82 Å². The van der Waals surface area contributed by atoms with Crippen molar-refractivity contribution in [2.45, 2.75) is 25.7 Å². The van der Waals surface area contributed by atoms with Gasteiger partial charge in [-0.1, -0.05) is 6.42 Å². The van der Waals surface area contributed by atoms with Gasteiger partial charge in [-0.3, -0.25) is 9.78 Å². The van der Waals surface area contributed by atoms with E-state index >= 15 is 0 Å². The molecule has 1 aromatic heterocycles. The Balaban J connectivity index is 1.96. The first-order chi connectivity index (χ1) is 8.15. The Labute approximate surface area is 99.4 Å². The molecule has 1 aromatic rings. The maximum Gasteiger partial charge on any atom is 0.225 e. The number of nitrogens with zero attached hydrogens (tertiary/aromatic N) is 1. The number of nitrogens with one attached hydrogen (secondary N) is 1. The highest BCUT2D eigenvalue weighted by Crippen LogP contribution is 2.43. The summed E-state index contributed by atoms with van der Waals surface area (Å²) in [5.74, 6) is -0.698. The third kappa shape index (κ3) is 2.61. The number of anilines is 1. The molecule has 3 N–H and O–H groups in total. The molecule has 0 spiro atoms. The summed E-state index contributed by atoms with van der Waals surface area (Å²) in [6.45, 7) is 0.513. The van der Waals surface area contributed by atoms with Crippen molar-refractivity contribution in [3.05, 3.63) is 24.3 Å². The van der Waals surface area contributed by atoms with Crippen LogP contribution >= 0.6 is 0 Å². The maximum absolute atomic E-state index is 13.3. The molecule has 17 heavy (non-hydrogen) atoms. The van der Waals surface area contributed by atoms with Crippen molar-refractivity contribution in [1.82, 2.24) is 4.98 Å². The Hall–Kier alpha value is -1.49. The van der Waals surface area contributed by atoms with Crippen molar-refractivity contribution in [3.63, 3.8) is 0 Å². The van der Waals surface area contributed by atoms with Gasteiger partial charge in [-0.25, -0.2) is 4.39 Å². The van der Waals surface area contributed by atoms with Crippen molar-refractivity contribution in [2.24, 2.45) is 11.1 Å². The molecule has 2 rings (SSSR count). The van der Waals surface area contributed by atoms with Gasteiger partial charge in [0.2, 0.25) is 5.91 Å². The Kier molecular flexibility index (Phi) is 3.38. The monoisotopic (exact) mass is 237 g/mol. The number of pyridine rings is 1. The molecule has 0 aromatic carbocycles. The van der Waals surface area contributed by atoms with E-state index in [1.165, 1.54) is 12.3 Å². The zero-order valence-electron chi connectivity index (χ0n) is 9.58. The first kappa shape index (κ1) is 12.0. The fourth-order valence-corrected chi connectivity index (χ4v) is 2.14. The topological polar surface area (TPSA) is 68.0 Å². The number of hydrogen-bond acceptors (Lipinski definition) is 3. The average Bonchev–Trinajstić information content (AvgIpc) is 2.27. The summed E-state index contributed by atoms with van der Waals surface area (Å²) < 4.78 is 13.3. The summed E-state index contributed by atoms with van der Waals surface area (Å²) in [5, 5.41) is 2.56. The predicted molar refractivity (Wildman–Crippen MR) is 62.8 cm³/mol. The second-order valence-corrected chi connectivity index (χ2v) is 4.64. The predicted octanol–water partition coefficient (Wildman–Crippen LogP) is 1.68. The van der Waals surface area contributed by atoms with Gasteiger partial charge in [0.05, 0.1) is 11.9 Å². The maximum atomic E-state index is 13.3. The Morgan fingerprint density at radius 2 is 2.35 bits per heavy atom. The molecular weight excluding hydrogens is 221 g/mol. The van der Waals surface area contributed by atoms with Crippen molar-refractivity contribution >= 4 is 11.6 Å². The van der Waals surface area contributed by atoms with Crippen LogP contribution in [0.2, 0.25) is 0 Å². The van der Waals surface area contributed by atoms with Crippen LogP contribution in [-0.2, 0) is 4.79 Å². The smallest absolute Gasteiger partial charge is 0.225 e. The Bertz CT molecular complexity index is 412. The standard InChI is InChI=1S/C12H16FN3O/c13-9-7-15-5-2-10(9)16-11(17)6-12(8-14)3-1-4-12/h2,5,7H,1,3-4,6,8,14H2,(H,15,16,17). The van der Waals surface area contributed by atoms with Gasteiger partial charge in [-0.05, 0) is 30.9 Å². The third-order valence-corrected chi connectivity index (χ3v) is 3.43. The van der Waals surface area contributed by atoms with Gasteiger partial charge in [-0.15, -0.1) is 0 Å². The molecule has 1 saturated carbocycles. The number of aromatic nitrogens is 1. The van der Waals surface area contributed by atoms with Crippen LogP contribution in [0.25, 0.3) is 0 Å². The minimum absolute atomic E-state index is 0.0619. The van der Waals surface area contributed by atoms with Crippen molar-refractivity contribution in [1.29, 1.82) is 0 Å². The highest BCUT2D eigenvalue weighted by Gasteiger charge is 2.37. The van der Waals surface area contributed by atoms with E-state index in [1.54, 1.807) is 0 Å². The average molecular weight is 237 g/mol. The van der Waals surface area contributed by atoms with Crippen LogP contribution in [0.5, 0.6) is 0 Å². The molecular formula is C12H16FN3O. The highest BCUT2D eigenvalue weighted by molar-refractivity contribution is 5.91. The van der Waals surface area contributed by atoms with E-state index in [4.69, 9.17) is 5.73 Å². The second-order valence-electron chi connectivity index (χ2n) is 4.64. The summed E-state index contributed by atoms with van der Waals surface area (Å²) in [6.07, 6.45) is 5.98. The highest BCUT2D eigenvalue weighted by atomic mass is 19.1. The fraction of sp³-hybridized carbons (Fsp3) is 0.500. The normalized spacial score (nSPS) is 17.3. The minimum Gasteiger partial charge on any atom is -0.330 e. The molecule has 0 saturated heterocycles. The third-order valence-electron chi connectivity index (χ3n) is 3.43. The number of halogens is 1. The molecule has 1 aliphatic carbocycles. The largest absolute Gasteiger partial charge is 0.330 e. The van der Waals surface area contributed by atoms with Gasteiger partial charge in [0, 0.05) is 12.6 Å². The first-order valence-electron chi connectivity index (χ1n) is 5.75. The summed E-state index contributed by atoms with van der Waals surface area (Å²) in [6, 6.07) is 1.45. The van der Waals surface area contributed by atoms with Crippen molar-refractivity contribution < 1.29 is 9.18 Å². The molecule has 1 amide bonds. The van der Waals surface area contributed by atoms with Crippen LogP contribution < -0.4 is 11.1 Å². The molecule has 0 radical (unpaired) electrons. The van der Waals surface area contributed by atoms with Crippen LogP contribution in [-0.4, -0.2) is 17.4 Å². The van der Waals surface area contributed by atoms with E-state index < -0.39 is 5.82 Å². The van der Waals surface area contributed by atoms with Crippen LogP contribution in [0.3, 0.4) is 0 Å². The van der Waals surface area contributed by atoms with Crippen molar-refractivity contribution in [3.8, 4) is 0 Å².